The number of hydrazone groups is 1. The average Bonchev–Trinajstić information content (AvgIpc) is 3.74. The second-order valence-corrected chi connectivity index (χ2v) is 10.2. The van der Waals surface area contributed by atoms with Gasteiger partial charge >= 0.3 is 0 Å². The highest BCUT2D eigenvalue weighted by Crippen LogP contribution is 2.39. The molecule has 0 saturated carbocycles. The smallest absolute Gasteiger partial charge is 0.194 e. The topological polar surface area (TPSA) is 54.7 Å². The number of hydrogen-bond donors (Lipinski definition) is 1. The maximum absolute atomic E-state index is 5.92. The first-order chi connectivity index (χ1) is 18.7. The predicted octanol–water partition coefficient (Wildman–Crippen LogP) is 7.16. The summed E-state index contributed by atoms with van der Waals surface area (Å²) in [5.41, 5.74) is 5.86. The molecule has 38 heavy (non-hydrogen) atoms. The molecule has 6 rings (SSSR count). The molecular weight excluding hydrogens is 510 g/mol. The monoisotopic (exact) mass is 535 g/mol. The van der Waals surface area contributed by atoms with Crippen molar-refractivity contribution in [2.75, 3.05) is 12.4 Å². The standard InChI is InChI=1S/C30H25N5OS2/c1-36-24-16-14-21(15-17-24)29-25(20-34(33-29)23-11-6-3-7-12-23)27-19-26(28-13-8-18-38-28)32-35(27)30(37)31-22-9-4-2-5-10-22/h2-18,20,27H,19H2,1H3,(H,31,37)/t27-/m0/s1. The molecule has 0 aliphatic carbocycles. The number of rotatable bonds is 6. The van der Waals surface area contributed by atoms with Crippen molar-refractivity contribution in [3.05, 3.63) is 119 Å². The number of aromatic nitrogens is 2. The summed E-state index contributed by atoms with van der Waals surface area (Å²) in [6.07, 6.45) is 2.81. The van der Waals surface area contributed by atoms with Gasteiger partial charge in [0.1, 0.15) is 5.75 Å². The molecule has 8 heteroatoms. The Hall–Kier alpha value is -4.27. The van der Waals surface area contributed by atoms with Gasteiger partial charge in [0, 0.05) is 29.4 Å². The van der Waals surface area contributed by atoms with Crippen LogP contribution in [0.2, 0.25) is 0 Å². The molecule has 1 aliphatic rings. The summed E-state index contributed by atoms with van der Waals surface area (Å²) in [5, 5.41) is 18.0. The predicted molar refractivity (Wildman–Crippen MR) is 158 cm³/mol. The van der Waals surface area contributed by atoms with Crippen molar-refractivity contribution in [3.63, 3.8) is 0 Å². The van der Waals surface area contributed by atoms with E-state index in [0.29, 0.717) is 11.5 Å². The molecule has 3 aromatic carbocycles. The minimum Gasteiger partial charge on any atom is -0.497 e. The number of thiocarbonyl (C=S) groups is 1. The van der Waals surface area contributed by atoms with E-state index in [2.05, 4.69) is 41.2 Å². The minimum absolute atomic E-state index is 0.134. The van der Waals surface area contributed by atoms with E-state index in [9.17, 15) is 0 Å². The molecule has 1 atom stereocenters. The molecule has 0 radical (unpaired) electrons. The van der Waals surface area contributed by atoms with Crippen LogP contribution in [0.25, 0.3) is 16.9 Å². The summed E-state index contributed by atoms with van der Waals surface area (Å²) in [7, 11) is 1.67. The molecule has 1 aliphatic heterocycles. The number of para-hydroxylation sites is 2. The van der Waals surface area contributed by atoms with Gasteiger partial charge in [-0.05, 0) is 72.2 Å². The molecule has 3 heterocycles. The van der Waals surface area contributed by atoms with Gasteiger partial charge in [0.2, 0.25) is 0 Å². The van der Waals surface area contributed by atoms with Gasteiger partial charge in [-0.3, -0.25) is 0 Å². The number of thiophene rings is 1. The lowest BCUT2D eigenvalue weighted by Crippen LogP contribution is -2.31. The number of hydrogen-bond acceptors (Lipinski definition) is 5. The van der Waals surface area contributed by atoms with E-state index in [0.717, 1.165) is 44.5 Å². The van der Waals surface area contributed by atoms with Crippen LogP contribution >= 0.6 is 23.6 Å². The fraction of sp³-hybridized carbons (Fsp3) is 0.100. The Bertz CT molecular complexity index is 1560. The van der Waals surface area contributed by atoms with Gasteiger partial charge in [0.15, 0.2) is 5.11 Å². The lowest BCUT2D eigenvalue weighted by atomic mass is 9.98. The van der Waals surface area contributed by atoms with Gasteiger partial charge in [0.05, 0.1) is 35.1 Å². The molecular formula is C30H25N5OS2. The van der Waals surface area contributed by atoms with Crippen molar-refractivity contribution in [1.82, 2.24) is 14.8 Å². The molecule has 188 valence electrons. The van der Waals surface area contributed by atoms with Crippen LogP contribution in [-0.2, 0) is 0 Å². The van der Waals surface area contributed by atoms with E-state index in [4.69, 9.17) is 27.2 Å². The van der Waals surface area contributed by atoms with E-state index in [1.165, 1.54) is 0 Å². The van der Waals surface area contributed by atoms with Gasteiger partial charge in [-0.15, -0.1) is 11.3 Å². The molecule has 2 aromatic heterocycles. The van der Waals surface area contributed by atoms with E-state index in [1.807, 2.05) is 82.5 Å². The number of nitrogens with one attached hydrogen (secondary N) is 1. The molecule has 1 N–H and O–H groups in total. The van der Waals surface area contributed by atoms with Crippen molar-refractivity contribution in [2.45, 2.75) is 12.5 Å². The number of nitrogens with zero attached hydrogens (tertiary/aromatic N) is 4. The third-order valence-electron chi connectivity index (χ3n) is 6.43. The Labute approximate surface area is 230 Å². The Morgan fingerprint density at radius 3 is 2.37 bits per heavy atom. The quantitative estimate of drug-likeness (QED) is 0.234. The summed E-state index contributed by atoms with van der Waals surface area (Å²) >= 11 is 7.60. The SMILES string of the molecule is COc1ccc(-c2nn(-c3ccccc3)cc2[C@@H]2CC(c3cccs3)=NN2C(=S)Nc2ccccc2)cc1. The highest BCUT2D eigenvalue weighted by atomic mass is 32.1. The fourth-order valence-corrected chi connectivity index (χ4v) is 5.56. The number of ether oxygens (including phenoxy) is 1. The average molecular weight is 536 g/mol. The Morgan fingerprint density at radius 2 is 1.68 bits per heavy atom. The normalized spacial score (nSPS) is 14.8. The van der Waals surface area contributed by atoms with Crippen molar-refractivity contribution < 1.29 is 4.74 Å². The van der Waals surface area contributed by atoms with E-state index in [1.54, 1.807) is 18.4 Å². The lowest BCUT2D eigenvalue weighted by molar-refractivity contribution is 0.376. The first-order valence-corrected chi connectivity index (χ1v) is 13.5. The van der Waals surface area contributed by atoms with Crippen molar-refractivity contribution in [3.8, 4) is 22.7 Å². The van der Waals surface area contributed by atoms with Crippen molar-refractivity contribution in [2.24, 2.45) is 5.10 Å². The molecule has 0 amide bonds. The first-order valence-electron chi connectivity index (χ1n) is 12.3. The highest BCUT2D eigenvalue weighted by Gasteiger charge is 2.35. The Morgan fingerprint density at radius 1 is 0.947 bits per heavy atom. The van der Waals surface area contributed by atoms with Gasteiger partial charge < -0.3 is 10.1 Å². The summed E-state index contributed by atoms with van der Waals surface area (Å²) < 4.78 is 7.33. The van der Waals surface area contributed by atoms with Gasteiger partial charge in [-0.1, -0.05) is 42.5 Å². The largest absolute Gasteiger partial charge is 0.497 e. The molecule has 6 nitrogen and oxygen atoms in total. The van der Waals surface area contributed by atoms with Crippen LogP contribution in [0.1, 0.15) is 22.9 Å². The zero-order valence-corrected chi connectivity index (χ0v) is 22.3. The minimum atomic E-state index is -0.134. The summed E-state index contributed by atoms with van der Waals surface area (Å²) in [4.78, 5) is 1.14. The molecule has 5 aromatic rings. The molecule has 0 unspecified atom stereocenters. The van der Waals surface area contributed by atoms with Crippen LogP contribution in [0.15, 0.2) is 114 Å². The van der Waals surface area contributed by atoms with Crippen LogP contribution in [0.3, 0.4) is 0 Å². The molecule has 0 fully saturated rings. The first kappa shape index (κ1) is 24.1. The van der Waals surface area contributed by atoms with Crippen LogP contribution in [0, 0.1) is 0 Å². The van der Waals surface area contributed by atoms with Gasteiger partial charge in [-0.2, -0.15) is 10.2 Å². The number of methoxy groups -OCH3 is 1. The van der Waals surface area contributed by atoms with E-state index < -0.39 is 0 Å². The third kappa shape index (κ3) is 4.83. The Balaban J connectivity index is 1.44. The molecule has 0 bridgehead atoms. The van der Waals surface area contributed by atoms with Crippen molar-refractivity contribution >= 4 is 40.1 Å². The fourth-order valence-electron chi connectivity index (χ4n) is 4.55. The second-order valence-electron chi connectivity index (χ2n) is 8.83. The molecule has 0 saturated heterocycles. The highest BCUT2D eigenvalue weighted by molar-refractivity contribution is 7.80. The Kier molecular flexibility index (Phi) is 6.73. The van der Waals surface area contributed by atoms with Crippen molar-refractivity contribution in [1.29, 1.82) is 0 Å². The number of anilines is 1. The second kappa shape index (κ2) is 10.6. The maximum Gasteiger partial charge on any atom is 0.194 e. The van der Waals surface area contributed by atoms with Crippen LogP contribution < -0.4 is 10.1 Å². The summed E-state index contributed by atoms with van der Waals surface area (Å²) in [6, 6.07) is 32.1. The third-order valence-corrected chi connectivity index (χ3v) is 7.64. The number of benzene rings is 3. The van der Waals surface area contributed by atoms with Crippen LogP contribution in [-0.4, -0.2) is 32.7 Å². The van der Waals surface area contributed by atoms with E-state index >= 15 is 0 Å². The van der Waals surface area contributed by atoms with Gasteiger partial charge in [-0.25, -0.2) is 9.69 Å². The van der Waals surface area contributed by atoms with Crippen LogP contribution in [0.5, 0.6) is 5.75 Å². The zero-order chi connectivity index (χ0) is 25.9. The van der Waals surface area contributed by atoms with Crippen LogP contribution in [0.4, 0.5) is 5.69 Å². The zero-order valence-electron chi connectivity index (χ0n) is 20.7. The molecule has 0 spiro atoms. The summed E-state index contributed by atoms with van der Waals surface area (Å²) in [6.45, 7) is 0. The lowest BCUT2D eigenvalue weighted by Gasteiger charge is -2.24. The van der Waals surface area contributed by atoms with E-state index in [-0.39, 0.29) is 6.04 Å². The van der Waals surface area contributed by atoms with Gasteiger partial charge in [0.25, 0.3) is 0 Å². The summed E-state index contributed by atoms with van der Waals surface area (Å²) in [5.74, 6) is 0.803. The maximum atomic E-state index is 5.92.